The Morgan fingerprint density at radius 2 is 1.67 bits per heavy atom. The molecule has 0 aliphatic heterocycles. The summed E-state index contributed by atoms with van der Waals surface area (Å²) in [6, 6.07) is 8.81. The number of anilines is 1. The van der Waals surface area contributed by atoms with Gasteiger partial charge in [0.05, 0.1) is 13.1 Å². The standard InChI is InChI=1S/C18H23N3O4S2/c1-13-7-5-8-14(2)18(13)19-15(22)11-20(3)16(23)12-21(4)27(24,25)17-9-6-10-26-17/h5-10H,11-12H2,1-4H3,(H,19,22). The molecule has 1 heterocycles. The Labute approximate surface area is 163 Å². The van der Waals surface area contributed by atoms with E-state index in [1.54, 1.807) is 11.4 Å². The van der Waals surface area contributed by atoms with Gasteiger partial charge < -0.3 is 10.2 Å². The quantitative estimate of drug-likeness (QED) is 0.759. The van der Waals surface area contributed by atoms with Gasteiger partial charge in [0.1, 0.15) is 4.21 Å². The van der Waals surface area contributed by atoms with Crippen molar-refractivity contribution in [3.8, 4) is 0 Å². The van der Waals surface area contributed by atoms with Crippen molar-refractivity contribution in [1.29, 1.82) is 0 Å². The summed E-state index contributed by atoms with van der Waals surface area (Å²) in [6.07, 6.45) is 0. The van der Waals surface area contributed by atoms with Crippen molar-refractivity contribution in [2.75, 3.05) is 32.5 Å². The molecule has 146 valence electrons. The molecule has 0 fully saturated rings. The van der Waals surface area contributed by atoms with Crippen LogP contribution < -0.4 is 5.32 Å². The maximum atomic E-state index is 12.4. The zero-order valence-electron chi connectivity index (χ0n) is 15.7. The van der Waals surface area contributed by atoms with E-state index >= 15 is 0 Å². The molecule has 0 aliphatic carbocycles. The number of hydrogen-bond donors (Lipinski definition) is 1. The van der Waals surface area contributed by atoms with Crippen molar-refractivity contribution >= 4 is 38.9 Å². The van der Waals surface area contributed by atoms with Crippen LogP contribution in [0.25, 0.3) is 0 Å². The summed E-state index contributed by atoms with van der Waals surface area (Å²) >= 11 is 1.09. The van der Waals surface area contributed by atoms with Crippen LogP contribution in [-0.2, 0) is 19.6 Å². The summed E-state index contributed by atoms with van der Waals surface area (Å²) < 4.78 is 25.9. The minimum atomic E-state index is -3.71. The lowest BCUT2D eigenvalue weighted by atomic mass is 10.1. The van der Waals surface area contributed by atoms with Crippen molar-refractivity contribution in [3.63, 3.8) is 0 Å². The van der Waals surface area contributed by atoms with E-state index in [2.05, 4.69) is 5.32 Å². The number of nitrogens with zero attached hydrogens (tertiary/aromatic N) is 2. The monoisotopic (exact) mass is 409 g/mol. The molecule has 27 heavy (non-hydrogen) atoms. The first-order chi connectivity index (χ1) is 12.6. The van der Waals surface area contributed by atoms with Gasteiger partial charge in [0, 0.05) is 19.8 Å². The Hall–Kier alpha value is -2.23. The summed E-state index contributed by atoms with van der Waals surface area (Å²) in [5.41, 5.74) is 2.58. The largest absolute Gasteiger partial charge is 0.335 e. The number of rotatable bonds is 7. The van der Waals surface area contributed by atoms with Crippen LogP contribution in [0.3, 0.4) is 0 Å². The predicted octanol–water partition coefficient (Wildman–Crippen LogP) is 2.08. The van der Waals surface area contributed by atoms with Gasteiger partial charge in [-0.25, -0.2) is 8.42 Å². The van der Waals surface area contributed by atoms with E-state index in [0.717, 1.165) is 32.5 Å². The minimum Gasteiger partial charge on any atom is -0.335 e. The Kier molecular flexibility index (Phi) is 6.74. The molecular formula is C18H23N3O4S2. The van der Waals surface area contributed by atoms with Gasteiger partial charge in [0.15, 0.2) is 0 Å². The fourth-order valence-corrected chi connectivity index (χ4v) is 4.78. The summed E-state index contributed by atoms with van der Waals surface area (Å²) in [4.78, 5) is 25.8. The van der Waals surface area contributed by atoms with Gasteiger partial charge in [0.25, 0.3) is 10.0 Å². The third-order valence-electron chi connectivity index (χ3n) is 4.07. The van der Waals surface area contributed by atoms with Crippen LogP contribution in [0.4, 0.5) is 5.69 Å². The molecule has 2 rings (SSSR count). The average Bonchev–Trinajstić information content (AvgIpc) is 3.13. The summed E-state index contributed by atoms with van der Waals surface area (Å²) in [6.45, 7) is 3.27. The van der Waals surface area contributed by atoms with Gasteiger partial charge >= 0.3 is 0 Å². The third kappa shape index (κ3) is 5.15. The van der Waals surface area contributed by atoms with Crippen LogP contribution >= 0.6 is 11.3 Å². The number of benzene rings is 1. The molecule has 0 aliphatic rings. The van der Waals surface area contributed by atoms with E-state index in [9.17, 15) is 18.0 Å². The second-order valence-corrected chi connectivity index (χ2v) is 9.48. The first-order valence-corrected chi connectivity index (χ1v) is 10.5. The van der Waals surface area contributed by atoms with E-state index < -0.39 is 15.9 Å². The molecule has 1 N–H and O–H groups in total. The van der Waals surface area contributed by atoms with Gasteiger partial charge in [-0.1, -0.05) is 24.3 Å². The molecule has 0 radical (unpaired) electrons. The smallest absolute Gasteiger partial charge is 0.252 e. The molecule has 1 aromatic carbocycles. The lowest BCUT2D eigenvalue weighted by Crippen LogP contribution is -2.42. The first-order valence-electron chi connectivity index (χ1n) is 8.23. The molecule has 0 spiro atoms. The number of para-hydroxylation sites is 1. The number of thiophene rings is 1. The van der Waals surface area contributed by atoms with Gasteiger partial charge in [-0.2, -0.15) is 4.31 Å². The van der Waals surface area contributed by atoms with Crippen molar-refractivity contribution in [2.45, 2.75) is 18.1 Å². The van der Waals surface area contributed by atoms with Crippen molar-refractivity contribution in [3.05, 3.63) is 46.8 Å². The molecule has 0 saturated heterocycles. The highest BCUT2D eigenvalue weighted by molar-refractivity contribution is 7.91. The predicted molar refractivity (Wildman–Crippen MR) is 106 cm³/mol. The van der Waals surface area contributed by atoms with E-state index in [4.69, 9.17) is 0 Å². The lowest BCUT2D eigenvalue weighted by molar-refractivity contribution is -0.133. The fraction of sp³-hybridized carbons (Fsp3) is 0.333. The fourth-order valence-electron chi connectivity index (χ4n) is 2.45. The number of likely N-dealkylation sites (N-methyl/N-ethyl adjacent to an activating group) is 2. The second kappa shape index (κ2) is 8.64. The van der Waals surface area contributed by atoms with Crippen LogP contribution in [0.15, 0.2) is 39.9 Å². The van der Waals surface area contributed by atoms with Gasteiger partial charge in [-0.15, -0.1) is 11.3 Å². The van der Waals surface area contributed by atoms with Gasteiger partial charge in [-0.3, -0.25) is 9.59 Å². The number of aryl methyl sites for hydroxylation is 2. The molecule has 1 aromatic heterocycles. The molecule has 0 atom stereocenters. The highest BCUT2D eigenvalue weighted by Crippen LogP contribution is 2.20. The van der Waals surface area contributed by atoms with Crippen LogP contribution in [-0.4, -0.2) is 56.6 Å². The highest BCUT2D eigenvalue weighted by Gasteiger charge is 2.25. The normalized spacial score (nSPS) is 11.4. The molecule has 0 bridgehead atoms. The van der Waals surface area contributed by atoms with Gasteiger partial charge in [0.2, 0.25) is 11.8 Å². The molecular weight excluding hydrogens is 386 g/mol. The van der Waals surface area contributed by atoms with Crippen molar-refractivity contribution in [1.82, 2.24) is 9.21 Å². The maximum absolute atomic E-state index is 12.4. The average molecular weight is 410 g/mol. The van der Waals surface area contributed by atoms with Crippen LogP contribution in [0, 0.1) is 13.8 Å². The van der Waals surface area contributed by atoms with Crippen LogP contribution in [0.5, 0.6) is 0 Å². The Morgan fingerprint density at radius 1 is 1.04 bits per heavy atom. The van der Waals surface area contributed by atoms with Crippen LogP contribution in [0.1, 0.15) is 11.1 Å². The Balaban J connectivity index is 1.96. The number of amides is 2. The highest BCUT2D eigenvalue weighted by atomic mass is 32.2. The summed E-state index contributed by atoms with van der Waals surface area (Å²) in [5.74, 6) is -0.804. The van der Waals surface area contributed by atoms with E-state index in [1.807, 2.05) is 32.0 Å². The number of carbonyl (C=O) groups is 2. The summed E-state index contributed by atoms with van der Waals surface area (Å²) in [5, 5.41) is 4.47. The Morgan fingerprint density at radius 3 is 2.22 bits per heavy atom. The zero-order chi connectivity index (χ0) is 20.2. The first kappa shape index (κ1) is 21.1. The molecule has 9 heteroatoms. The molecule has 2 aromatic rings. The number of carbonyl (C=O) groups excluding carboxylic acids is 2. The lowest BCUT2D eigenvalue weighted by Gasteiger charge is -2.21. The van der Waals surface area contributed by atoms with E-state index in [1.165, 1.54) is 25.1 Å². The topological polar surface area (TPSA) is 86.8 Å². The molecule has 0 unspecified atom stereocenters. The number of nitrogens with one attached hydrogen (secondary N) is 1. The van der Waals surface area contributed by atoms with E-state index in [-0.39, 0.29) is 23.2 Å². The number of hydrogen-bond acceptors (Lipinski definition) is 5. The maximum Gasteiger partial charge on any atom is 0.252 e. The van der Waals surface area contributed by atoms with Gasteiger partial charge in [-0.05, 0) is 36.4 Å². The van der Waals surface area contributed by atoms with Crippen molar-refractivity contribution < 1.29 is 18.0 Å². The third-order valence-corrected chi connectivity index (χ3v) is 7.25. The van der Waals surface area contributed by atoms with E-state index in [0.29, 0.717) is 0 Å². The SMILES string of the molecule is Cc1cccc(C)c1NC(=O)CN(C)C(=O)CN(C)S(=O)(=O)c1cccs1. The molecule has 2 amide bonds. The number of sulfonamides is 1. The molecule has 0 saturated carbocycles. The minimum absolute atomic E-state index is 0.167. The molecule has 7 nitrogen and oxygen atoms in total. The Bertz CT molecular complexity index is 904. The van der Waals surface area contributed by atoms with Crippen molar-refractivity contribution in [2.24, 2.45) is 0 Å². The second-order valence-electron chi connectivity index (χ2n) is 6.26. The summed E-state index contributed by atoms with van der Waals surface area (Å²) in [7, 11) is -0.893. The van der Waals surface area contributed by atoms with Crippen LogP contribution in [0.2, 0.25) is 0 Å². The zero-order valence-corrected chi connectivity index (χ0v) is 17.4.